The van der Waals surface area contributed by atoms with Crippen molar-refractivity contribution in [3.05, 3.63) is 52.3 Å². The van der Waals surface area contributed by atoms with Gasteiger partial charge in [-0.15, -0.1) is 11.8 Å². The van der Waals surface area contributed by atoms with Gasteiger partial charge >= 0.3 is 5.97 Å². The van der Waals surface area contributed by atoms with Crippen molar-refractivity contribution < 1.29 is 19.2 Å². The smallest absolute Gasteiger partial charge is 0.318 e. The number of hydrogen-bond donors (Lipinski definition) is 0. The van der Waals surface area contributed by atoms with Gasteiger partial charge in [0.2, 0.25) is 6.04 Å². The molecule has 0 fully saturated rings. The van der Waals surface area contributed by atoms with Gasteiger partial charge in [-0.25, -0.2) is 0 Å². The van der Waals surface area contributed by atoms with Crippen LogP contribution in [0.5, 0.6) is 5.75 Å². The first-order valence-electron chi connectivity index (χ1n) is 8.83. The number of carbonyl (C=O) groups is 2. The Hall–Kier alpha value is -2.55. The van der Waals surface area contributed by atoms with E-state index in [9.17, 15) is 19.7 Å². The zero-order chi connectivity index (χ0) is 20.9. The van der Waals surface area contributed by atoms with Crippen LogP contribution in [0.25, 0.3) is 0 Å². The molecule has 0 spiro atoms. The summed E-state index contributed by atoms with van der Waals surface area (Å²) in [5, 5.41) is 11.3. The van der Waals surface area contributed by atoms with Crippen LogP contribution in [-0.4, -0.2) is 57.4 Å². The Morgan fingerprint density at radius 2 is 1.89 bits per heavy atom. The van der Waals surface area contributed by atoms with Gasteiger partial charge in [0.15, 0.2) is 4.99 Å². The molecule has 8 nitrogen and oxygen atoms in total. The highest BCUT2D eigenvalue weighted by Crippen LogP contribution is 2.38. The van der Waals surface area contributed by atoms with Crippen molar-refractivity contribution in [2.24, 2.45) is 0 Å². The van der Waals surface area contributed by atoms with E-state index in [4.69, 9.17) is 4.74 Å². The van der Waals surface area contributed by atoms with Crippen LogP contribution < -0.4 is 4.74 Å². The van der Waals surface area contributed by atoms with Crippen molar-refractivity contribution in [3.63, 3.8) is 0 Å². The Morgan fingerprint density at radius 1 is 1.25 bits per heavy atom. The maximum absolute atomic E-state index is 12.4. The van der Waals surface area contributed by atoms with Gasteiger partial charge in [-0.05, 0) is 26.0 Å². The molecule has 0 radical (unpaired) electrons. The third kappa shape index (κ3) is 5.25. The zero-order valence-electron chi connectivity index (χ0n) is 16.5. The lowest BCUT2D eigenvalue weighted by atomic mass is 10.1. The molecule has 0 amide bonds. The number of hydrogen-bond acceptors (Lipinski definition) is 8. The number of rotatable bonds is 9. The summed E-state index contributed by atoms with van der Waals surface area (Å²) < 4.78 is 5.09. The molecule has 0 bridgehead atoms. The number of ketones is 1. The summed E-state index contributed by atoms with van der Waals surface area (Å²) in [6.45, 7) is 3.96. The van der Waals surface area contributed by atoms with Gasteiger partial charge in [-0.3, -0.25) is 19.7 Å². The number of para-hydroxylation sites is 1. The van der Waals surface area contributed by atoms with Crippen molar-refractivity contribution in [2.45, 2.75) is 37.7 Å². The van der Waals surface area contributed by atoms with Gasteiger partial charge in [0.05, 0.1) is 12.2 Å². The van der Waals surface area contributed by atoms with Crippen LogP contribution >= 0.6 is 11.8 Å². The van der Waals surface area contributed by atoms with E-state index in [1.807, 2.05) is 43.9 Å². The number of carbonyl (C=O) groups excluding carboxylic acids is 2. The lowest BCUT2D eigenvalue weighted by Crippen LogP contribution is -2.46. The molecule has 2 rings (SSSR count). The molecule has 1 aromatic rings. The molecule has 0 saturated heterocycles. The average Bonchev–Trinajstić information content (AvgIpc) is 2.83. The molecule has 2 unspecified atom stereocenters. The molecule has 1 aliphatic heterocycles. The minimum atomic E-state index is -1.30. The number of benzene rings is 1. The maximum Gasteiger partial charge on any atom is 0.318 e. The second kappa shape index (κ2) is 9.09. The van der Waals surface area contributed by atoms with E-state index >= 15 is 0 Å². The summed E-state index contributed by atoms with van der Waals surface area (Å²) in [5.41, 5.74) is 1.07. The lowest BCUT2D eigenvalue weighted by molar-refractivity contribution is -0.520. The highest BCUT2D eigenvalue weighted by Gasteiger charge is 2.39. The fourth-order valence-electron chi connectivity index (χ4n) is 2.86. The SMILES string of the molecule is CC1=CN(C)C(C)(SCC(=O)CC(CC(=O)Oc2ccccc2)[N+](=O)[O-])N1C. The Kier molecular flexibility index (Phi) is 7.06. The fraction of sp³-hybridized carbons (Fsp3) is 0.474. The number of nitrogens with zero attached hydrogens (tertiary/aromatic N) is 3. The Bertz CT molecular complexity index is 770. The van der Waals surface area contributed by atoms with Gasteiger partial charge < -0.3 is 14.5 Å². The largest absolute Gasteiger partial charge is 0.426 e. The van der Waals surface area contributed by atoms with Crippen molar-refractivity contribution in [1.29, 1.82) is 0 Å². The third-order valence-electron chi connectivity index (χ3n) is 4.83. The quantitative estimate of drug-likeness (QED) is 0.267. The normalized spacial score (nSPS) is 19.9. The van der Waals surface area contributed by atoms with Gasteiger partial charge in [-0.1, -0.05) is 18.2 Å². The van der Waals surface area contributed by atoms with E-state index < -0.39 is 28.4 Å². The van der Waals surface area contributed by atoms with E-state index in [0.717, 1.165) is 5.70 Å². The fourth-order valence-corrected chi connectivity index (χ4v) is 4.01. The van der Waals surface area contributed by atoms with E-state index in [1.165, 1.54) is 11.8 Å². The monoisotopic (exact) mass is 407 g/mol. The summed E-state index contributed by atoms with van der Waals surface area (Å²) >= 11 is 1.40. The predicted molar refractivity (Wildman–Crippen MR) is 107 cm³/mol. The summed E-state index contributed by atoms with van der Waals surface area (Å²) in [7, 11) is 3.86. The molecule has 0 saturated carbocycles. The minimum absolute atomic E-state index is 0.115. The molecule has 1 aliphatic rings. The third-order valence-corrected chi connectivity index (χ3v) is 6.41. The standard InChI is InChI=1S/C19H25N3O5S/c1-14-12-20(3)19(2,21(14)4)28-13-16(23)10-15(22(25)26)11-18(24)27-17-8-6-5-7-9-17/h5-9,12,15H,10-11,13H2,1-4H3. The van der Waals surface area contributed by atoms with Crippen LogP contribution in [0.15, 0.2) is 42.2 Å². The van der Waals surface area contributed by atoms with E-state index in [2.05, 4.69) is 0 Å². The second-order valence-corrected chi connectivity index (χ2v) is 8.19. The summed E-state index contributed by atoms with van der Waals surface area (Å²) in [6.07, 6.45) is 1.23. The van der Waals surface area contributed by atoms with Crippen LogP contribution in [0.4, 0.5) is 0 Å². The molecule has 152 valence electrons. The number of nitro groups is 1. The first kappa shape index (κ1) is 21.7. The summed E-state index contributed by atoms with van der Waals surface area (Å²) in [4.78, 5) is 38.7. The lowest BCUT2D eigenvalue weighted by Gasteiger charge is -2.39. The van der Waals surface area contributed by atoms with Crippen LogP contribution in [0, 0.1) is 10.1 Å². The van der Waals surface area contributed by atoms with Crippen LogP contribution in [0.3, 0.4) is 0 Å². The number of thioether (sulfide) groups is 1. The van der Waals surface area contributed by atoms with Crippen molar-refractivity contribution >= 4 is 23.5 Å². The van der Waals surface area contributed by atoms with Crippen molar-refractivity contribution in [2.75, 3.05) is 19.8 Å². The first-order valence-corrected chi connectivity index (χ1v) is 9.82. The molecule has 0 N–H and O–H groups in total. The highest BCUT2D eigenvalue weighted by atomic mass is 32.2. The van der Waals surface area contributed by atoms with Gasteiger partial charge in [0.25, 0.3) is 0 Å². The number of Topliss-reactive ketones (excluding diaryl/α,β-unsaturated/α-hetero) is 1. The molecule has 1 heterocycles. The van der Waals surface area contributed by atoms with E-state index in [1.54, 1.807) is 30.3 Å². The Labute approximate surface area is 168 Å². The molecule has 28 heavy (non-hydrogen) atoms. The highest BCUT2D eigenvalue weighted by molar-refractivity contribution is 8.01. The number of allylic oxidation sites excluding steroid dienone is 1. The predicted octanol–water partition coefficient (Wildman–Crippen LogP) is 2.73. The van der Waals surface area contributed by atoms with Crippen LogP contribution in [0.1, 0.15) is 26.7 Å². The maximum atomic E-state index is 12.4. The van der Waals surface area contributed by atoms with Crippen molar-refractivity contribution in [1.82, 2.24) is 9.80 Å². The van der Waals surface area contributed by atoms with E-state index in [0.29, 0.717) is 5.75 Å². The zero-order valence-corrected chi connectivity index (χ0v) is 17.3. The van der Waals surface area contributed by atoms with Crippen LogP contribution in [-0.2, 0) is 9.59 Å². The van der Waals surface area contributed by atoms with Crippen LogP contribution in [0.2, 0.25) is 0 Å². The number of ether oxygens (including phenoxy) is 1. The van der Waals surface area contributed by atoms with Gasteiger partial charge in [0, 0.05) is 30.9 Å². The Morgan fingerprint density at radius 3 is 2.43 bits per heavy atom. The summed E-state index contributed by atoms with van der Waals surface area (Å²) in [6, 6.07) is 7.05. The Balaban J connectivity index is 1.89. The molecular weight excluding hydrogens is 382 g/mol. The van der Waals surface area contributed by atoms with Gasteiger partial charge in [-0.2, -0.15) is 0 Å². The minimum Gasteiger partial charge on any atom is -0.426 e. The van der Waals surface area contributed by atoms with Crippen molar-refractivity contribution in [3.8, 4) is 5.75 Å². The molecule has 1 aromatic carbocycles. The molecule has 0 aromatic heterocycles. The topological polar surface area (TPSA) is 93.0 Å². The molecule has 0 aliphatic carbocycles. The second-order valence-electron chi connectivity index (χ2n) is 6.84. The van der Waals surface area contributed by atoms with Gasteiger partial charge in [0.1, 0.15) is 18.0 Å². The van der Waals surface area contributed by atoms with E-state index in [-0.39, 0.29) is 18.0 Å². The molecule has 2 atom stereocenters. The first-order chi connectivity index (χ1) is 13.1. The average molecular weight is 407 g/mol. The number of esters is 1. The molecule has 9 heteroatoms. The molecular formula is C19H25N3O5S. The summed E-state index contributed by atoms with van der Waals surface area (Å²) in [5.74, 6) is -0.563.